The first-order chi connectivity index (χ1) is 14.5. The molecule has 11 nitrogen and oxygen atoms in total. The first-order valence-electron chi connectivity index (χ1n) is 9.38. The molecule has 11 heteroatoms. The summed E-state index contributed by atoms with van der Waals surface area (Å²) >= 11 is 0. The van der Waals surface area contributed by atoms with Gasteiger partial charge < -0.3 is 39.5 Å². The highest BCUT2D eigenvalue weighted by Crippen LogP contribution is 2.34. The highest BCUT2D eigenvalue weighted by Gasteiger charge is 2.52. The molecule has 2 heterocycles. The van der Waals surface area contributed by atoms with Crippen LogP contribution in [0.15, 0.2) is 33.5 Å². The van der Waals surface area contributed by atoms with Crippen LogP contribution in [0.5, 0.6) is 5.75 Å². The zero-order chi connectivity index (χ0) is 22.9. The van der Waals surface area contributed by atoms with Crippen molar-refractivity contribution in [2.45, 2.75) is 51.0 Å². The molecule has 4 atom stereocenters. The lowest BCUT2D eigenvalue weighted by atomic mass is 9.89. The summed E-state index contributed by atoms with van der Waals surface area (Å²) in [6, 6.07) is 6.07. The zero-order valence-corrected chi connectivity index (χ0v) is 17.4. The number of methoxy groups -OCH3 is 1. The molecule has 1 aliphatic rings. The van der Waals surface area contributed by atoms with Crippen LogP contribution in [0, 0.1) is 0 Å². The number of rotatable bonds is 5. The Kier molecular flexibility index (Phi) is 6.20. The zero-order valence-electron chi connectivity index (χ0n) is 17.4. The van der Waals surface area contributed by atoms with Crippen molar-refractivity contribution >= 4 is 28.7 Å². The van der Waals surface area contributed by atoms with Crippen molar-refractivity contribution < 1.29 is 38.1 Å². The van der Waals surface area contributed by atoms with Gasteiger partial charge in [0, 0.05) is 25.5 Å². The van der Waals surface area contributed by atoms with Crippen molar-refractivity contribution in [2.75, 3.05) is 12.4 Å². The Morgan fingerprint density at radius 1 is 1.26 bits per heavy atom. The van der Waals surface area contributed by atoms with E-state index in [2.05, 4.69) is 5.32 Å². The van der Waals surface area contributed by atoms with E-state index in [1.54, 1.807) is 26.0 Å². The number of carbonyl (C=O) groups is 2. The summed E-state index contributed by atoms with van der Waals surface area (Å²) in [6.07, 6.45) is -5.73. The van der Waals surface area contributed by atoms with Crippen LogP contribution in [0.25, 0.3) is 11.0 Å². The summed E-state index contributed by atoms with van der Waals surface area (Å²) in [4.78, 5) is 34.6. The molecule has 2 aromatic rings. The molecule has 3 rings (SSSR count). The number of amides is 2. The van der Waals surface area contributed by atoms with Crippen molar-refractivity contribution in [3.8, 4) is 5.75 Å². The van der Waals surface area contributed by atoms with Gasteiger partial charge in [-0.05, 0) is 32.0 Å². The predicted octanol–water partition coefficient (Wildman–Crippen LogP) is 1.10. The maximum Gasteiger partial charge on any atom is 0.405 e. The molecule has 2 unspecified atom stereocenters. The fraction of sp³-hybridized carbons (Fsp3) is 0.450. The van der Waals surface area contributed by atoms with Crippen LogP contribution in [0.4, 0.5) is 10.5 Å². The quantitative estimate of drug-likeness (QED) is 0.583. The number of hydrogen-bond acceptors (Lipinski definition) is 9. The molecular weight excluding hydrogens is 412 g/mol. The third-order valence-corrected chi connectivity index (χ3v) is 4.80. The van der Waals surface area contributed by atoms with E-state index in [-0.39, 0.29) is 17.0 Å². The molecule has 168 valence electrons. The van der Waals surface area contributed by atoms with Crippen LogP contribution in [-0.2, 0) is 19.0 Å². The van der Waals surface area contributed by atoms with Crippen molar-refractivity contribution in [1.29, 1.82) is 0 Å². The van der Waals surface area contributed by atoms with Gasteiger partial charge in [-0.1, -0.05) is 0 Å². The molecule has 0 radical (unpaired) electrons. The molecule has 1 saturated heterocycles. The molecule has 0 spiro atoms. The van der Waals surface area contributed by atoms with E-state index < -0.39 is 47.8 Å². The van der Waals surface area contributed by atoms with Crippen molar-refractivity contribution in [2.24, 2.45) is 5.73 Å². The highest BCUT2D eigenvalue weighted by atomic mass is 16.7. The SMILES string of the molecule is COC1[C@H](O)[C@H](OC(N)=O)C(Oc2ccc3cc(NC(C)=O)c(=O)oc3c2)OC1(C)C. The average Bonchev–Trinajstić information content (AvgIpc) is 2.65. The van der Waals surface area contributed by atoms with Crippen LogP contribution in [0.1, 0.15) is 20.8 Å². The first kappa shape index (κ1) is 22.5. The Labute approximate surface area is 177 Å². The summed E-state index contributed by atoms with van der Waals surface area (Å²) in [7, 11) is 1.39. The number of anilines is 1. The average molecular weight is 436 g/mol. The van der Waals surface area contributed by atoms with Crippen LogP contribution in [0.2, 0.25) is 0 Å². The molecule has 0 saturated carbocycles. The summed E-state index contributed by atoms with van der Waals surface area (Å²) in [5, 5.41) is 13.6. The van der Waals surface area contributed by atoms with E-state index in [9.17, 15) is 19.5 Å². The van der Waals surface area contributed by atoms with Gasteiger partial charge in [-0.15, -0.1) is 0 Å². The second-order valence-corrected chi connectivity index (χ2v) is 7.58. The second-order valence-electron chi connectivity index (χ2n) is 7.58. The number of nitrogens with two attached hydrogens (primary N) is 1. The van der Waals surface area contributed by atoms with Gasteiger partial charge in [0.25, 0.3) is 0 Å². The Hall–Kier alpha value is -3.15. The number of fused-ring (bicyclic) bond motifs is 1. The number of hydrogen-bond donors (Lipinski definition) is 3. The minimum atomic E-state index is -1.29. The maximum atomic E-state index is 12.1. The predicted molar refractivity (Wildman–Crippen MR) is 108 cm³/mol. The molecule has 1 fully saturated rings. The highest BCUT2D eigenvalue weighted by molar-refractivity contribution is 5.91. The summed E-state index contributed by atoms with van der Waals surface area (Å²) in [5.74, 6) is -0.193. The smallest absolute Gasteiger partial charge is 0.405 e. The minimum Gasteiger partial charge on any atom is -0.461 e. The number of benzene rings is 1. The third kappa shape index (κ3) is 4.79. The fourth-order valence-corrected chi connectivity index (χ4v) is 3.53. The van der Waals surface area contributed by atoms with E-state index in [1.807, 2.05) is 0 Å². The summed E-state index contributed by atoms with van der Waals surface area (Å²) in [5.41, 5.74) is 3.60. The Morgan fingerprint density at radius 2 is 1.97 bits per heavy atom. The Balaban J connectivity index is 1.92. The Bertz CT molecular complexity index is 1050. The molecule has 4 N–H and O–H groups in total. The van der Waals surface area contributed by atoms with Crippen molar-refractivity contribution in [3.63, 3.8) is 0 Å². The number of aliphatic hydroxyl groups is 1. The first-order valence-corrected chi connectivity index (χ1v) is 9.38. The van der Waals surface area contributed by atoms with E-state index >= 15 is 0 Å². The monoisotopic (exact) mass is 436 g/mol. The summed E-state index contributed by atoms with van der Waals surface area (Å²) < 4.78 is 27.3. The third-order valence-electron chi connectivity index (χ3n) is 4.80. The number of ether oxygens (including phenoxy) is 4. The maximum absolute atomic E-state index is 12.1. The van der Waals surface area contributed by atoms with Gasteiger partial charge in [0.2, 0.25) is 12.2 Å². The van der Waals surface area contributed by atoms with E-state index in [1.165, 1.54) is 26.2 Å². The van der Waals surface area contributed by atoms with Gasteiger partial charge in [0.1, 0.15) is 29.2 Å². The van der Waals surface area contributed by atoms with Crippen LogP contribution in [0.3, 0.4) is 0 Å². The molecule has 0 aliphatic carbocycles. The summed E-state index contributed by atoms with van der Waals surface area (Å²) in [6.45, 7) is 4.65. The fourth-order valence-electron chi connectivity index (χ4n) is 3.53. The van der Waals surface area contributed by atoms with Crippen LogP contribution < -0.4 is 21.4 Å². The number of nitrogens with one attached hydrogen (secondary N) is 1. The van der Waals surface area contributed by atoms with E-state index in [0.29, 0.717) is 5.39 Å². The molecule has 2 amide bonds. The number of aliphatic hydroxyl groups excluding tert-OH is 1. The van der Waals surface area contributed by atoms with Gasteiger partial charge in [0.05, 0.1) is 5.60 Å². The van der Waals surface area contributed by atoms with Crippen LogP contribution in [-0.4, -0.2) is 54.4 Å². The Morgan fingerprint density at radius 3 is 2.58 bits per heavy atom. The molecular formula is C20H24N2O9. The van der Waals surface area contributed by atoms with E-state index in [0.717, 1.165) is 0 Å². The lowest BCUT2D eigenvalue weighted by molar-refractivity contribution is -0.304. The van der Waals surface area contributed by atoms with Gasteiger partial charge in [-0.2, -0.15) is 0 Å². The topological polar surface area (TPSA) is 160 Å². The second kappa shape index (κ2) is 8.53. The molecule has 31 heavy (non-hydrogen) atoms. The van der Waals surface area contributed by atoms with Crippen LogP contribution >= 0.6 is 0 Å². The molecule has 1 aromatic carbocycles. The molecule has 1 aliphatic heterocycles. The van der Waals surface area contributed by atoms with Gasteiger partial charge in [-0.25, -0.2) is 9.59 Å². The van der Waals surface area contributed by atoms with E-state index in [4.69, 9.17) is 29.1 Å². The molecule has 1 aromatic heterocycles. The lowest BCUT2D eigenvalue weighted by Crippen LogP contribution is -2.65. The molecule has 0 bridgehead atoms. The normalized spacial score (nSPS) is 25.1. The largest absolute Gasteiger partial charge is 0.461 e. The minimum absolute atomic E-state index is 0.00897. The van der Waals surface area contributed by atoms with Crippen molar-refractivity contribution in [1.82, 2.24) is 0 Å². The lowest BCUT2D eigenvalue weighted by Gasteiger charge is -2.47. The van der Waals surface area contributed by atoms with Gasteiger partial charge in [0.15, 0.2) is 6.10 Å². The van der Waals surface area contributed by atoms with Gasteiger partial charge in [-0.3, -0.25) is 4.79 Å². The van der Waals surface area contributed by atoms with Gasteiger partial charge >= 0.3 is 11.7 Å². The number of primary amides is 1. The number of carbonyl (C=O) groups excluding carboxylic acids is 2. The van der Waals surface area contributed by atoms with Crippen molar-refractivity contribution in [3.05, 3.63) is 34.7 Å². The standard InChI is InChI=1S/C20H24N2O9/c1-9(23)22-12-7-10-5-6-11(8-13(10)29-17(12)25)28-18-15(30-19(21)26)14(24)16(27-4)20(2,3)31-18/h5-8,14-16,18,24H,1-4H3,(H2,21,26)(H,22,23)/t14-,15+,16?,18?/m1/s1.